The van der Waals surface area contributed by atoms with Gasteiger partial charge in [-0.15, -0.1) is 11.3 Å². The van der Waals surface area contributed by atoms with Crippen molar-refractivity contribution in [3.8, 4) is 0 Å². The normalized spacial score (nSPS) is 26.9. The summed E-state index contributed by atoms with van der Waals surface area (Å²) in [4.78, 5) is 1.40. The average molecular weight is 329 g/mol. The van der Waals surface area contributed by atoms with Gasteiger partial charge in [0.1, 0.15) is 0 Å². The number of thiophene rings is 1. The molecule has 21 heavy (non-hydrogen) atoms. The maximum absolute atomic E-state index is 12.6. The molecule has 0 amide bonds. The van der Waals surface area contributed by atoms with Gasteiger partial charge in [-0.1, -0.05) is 19.8 Å². The SMILES string of the molecule is CC1CCCC(NS(=O)(=O)c2ccsc2CNC2CC2)C1. The third-order valence-electron chi connectivity index (χ3n) is 4.38. The van der Waals surface area contributed by atoms with Crippen molar-refractivity contribution >= 4 is 21.4 Å². The molecule has 1 aromatic rings. The largest absolute Gasteiger partial charge is 0.309 e. The Morgan fingerprint density at radius 3 is 2.76 bits per heavy atom. The van der Waals surface area contributed by atoms with Gasteiger partial charge in [0.15, 0.2) is 0 Å². The lowest BCUT2D eigenvalue weighted by Crippen LogP contribution is -2.38. The van der Waals surface area contributed by atoms with Gasteiger partial charge in [0.25, 0.3) is 0 Å². The molecule has 0 radical (unpaired) electrons. The molecular weight excluding hydrogens is 304 g/mol. The van der Waals surface area contributed by atoms with Crippen molar-refractivity contribution in [1.29, 1.82) is 0 Å². The van der Waals surface area contributed by atoms with Crippen molar-refractivity contribution in [1.82, 2.24) is 10.0 Å². The van der Waals surface area contributed by atoms with Crippen LogP contribution in [-0.4, -0.2) is 20.5 Å². The van der Waals surface area contributed by atoms with Gasteiger partial charge in [-0.05, 0) is 43.0 Å². The molecule has 6 heteroatoms. The maximum atomic E-state index is 12.6. The minimum Gasteiger partial charge on any atom is -0.309 e. The summed E-state index contributed by atoms with van der Waals surface area (Å²) in [7, 11) is -3.38. The second-order valence-corrected chi connectivity index (χ2v) is 9.14. The molecular formula is C15H24N2O2S2. The molecule has 0 aromatic carbocycles. The fraction of sp³-hybridized carbons (Fsp3) is 0.733. The summed E-state index contributed by atoms with van der Waals surface area (Å²) in [6.07, 6.45) is 6.68. The van der Waals surface area contributed by atoms with Crippen molar-refractivity contribution in [2.24, 2.45) is 5.92 Å². The van der Waals surface area contributed by atoms with Crippen LogP contribution in [0.2, 0.25) is 0 Å². The summed E-state index contributed by atoms with van der Waals surface area (Å²) in [5, 5.41) is 5.28. The molecule has 2 unspecified atom stereocenters. The Balaban J connectivity index is 1.67. The van der Waals surface area contributed by atoms with Crippen LogP contribution < -0.4 is 10.0 Å². The van der Waals surface area contributed by atoms with Gasteiger partial charge in [-0.3, -0.25) is 0 Å². The highest BCUT2D eigenvalue weighted by molar-refractivity contribution is 7.89. The summed E-state index contributed by atoms with van der Waals surface area (Å²) in [6.45, 7) is 2.87. The van der Waals surface area contributed by atoms with E-state index in [9.17, 15) is 8.42 Å². The zero-order chi connectivity index (χ0) is 14.9. The first-order valence-electron chi connectivity index (χ1n) is 7.86. The quantitative estimate of drug-likeness (QED) is 0.844. The Bertz CT molecular complexity index is 578. The molecule has 2 saturated carbocycles. The van der Waals surface area contributed by atoms with Crippen molar-refractivity contribution in [3.05, 3.63) is 16.3 Å². The van der Waals surface area contributed by atoms with Gasteiger partial charge >= 0.3 is 0 Å². The molecule has 1 aromatic heterocycles. The first kappa shape index (κ1) is 15.5. The highest BCUT2D eigenvalue weighted by Gasteiger charge is 2.27. The van der Waals surface area contributed by atoms with E-state index in [0.29, 0.717) is 23.4 Å². The molecule has 2 aliphatic rings. The van der Waals surface area contributed by atoms with E-state index in [1.165, 1.54) is 30.6 Å². The van der Waals surface area contributed by atoms with Crippen LogP contribution in [0, 0.1) is 5.92 Å². The lowest BCUT2D eigenvalue weighted by atomic mass is 9.88. The Hall–Kier alpha value is -0.430. The third kappa shape index (κ3) is 4.06. The molecule has 2 fully saturated rings. The highest BCUT2D eigenvalue weighted by atomic mass is 32.2. The lowest BCUT2D eigenvalue weighted by Gasteiger charge is -2.27. The predicted molar refractivity (Wildman–Crippen MR) is 85.9 cm³/mol. The Labute approximate surface area is 131 Å². The van der Waals surface area contributed by atoms with Gasteiger partial charge < -0.3 is 5.32 Å². The van der Waals surface area contributed by atoms with Crippen LogP contribution in [0.25, 0.3) is 0 Å². The molecule has 0 spiro atoms. The van der Waals surface area contributed by atoms with E-state index in [-0.39, 0.29) is 6.04 Å². The maximum Gasteiger partial charge on any atom is 0.241 e. The lowest BCUT2D eigenvalue weighted by molar-refractivity contribution is 0.327. The molecule has 0 aliphatic heterocycles. The number of hydrogen-bond acceptors (Lipinski definition) is 4. The van der Waals surface area contributed by atoms with Gasteiger partial charge in [0.2, 0.25) is 10.0 Å². The minimum absolute atomic E-state index is 0.0999. The van der Waals surface area contributed by atoms with Crippen LogP contribution in [0.5, 0.6) is 0 Å². The standard InChI is InChI=1S/C15H24N2O2S2/c1-11-3-2-4-13(9-11)17-21(18,19)15-7-8-20-14(15)10-16-12-5-6-12/h7-8,11-13,16-17H,2-6,9-10H2,1H3. The third-order valence-corrected chi connectivity index (χ3v) is 7.04. The topological polar surface area (TPSA) is 58.2 Å². The number of rotatable bonds is 6. The Morgan fingerprint density at radius 2 is 2.05 bits per heavy atom. The number of sulfonamides is 1. The fourth-order valence-electron chi connectivity index (χ4n) is 3.05. The molecule has 118 valence electrons. The van der Waals surface area contributed by atoms with Crippen LogP contribution in [0.3, 0.4) is 0 Å². The van der Waals surface area contributed by atoms with E-state index in [1.54, 1.807) is 6.07 Å². The first-order valence-corrected chi connectivity index (χ1v) is 10.2. The Kier molecular flexibility index (Phi) is 4.69. The van der Waals surface area contributed by atoms with Gasteiger partial charge in [-0.2, -0.15) is 0 Å². The van der Waals surface area contributed by atoms with E-state index < -0.39 is 10.0 Å². The molecule has 0 bridgehead atoms. The molecule has 2 atom stereocenters. The van der Waals surface area contributed by atoms with Gasteiger partial charge in [0, 0.05) is 23.5 Å². The zero-order valence-electron chi connectivity index (χ0n) is 12.5. The second-order valence-electron chi connectivity index (χ2n) is 6.45. The molecule has 2 N–H and O–H groups in total. The summed E-state index contributed by atoms with van der Waals surface area (Å²) in [6, 6.07) is 2.43. The van der Waals surface area contributed by atoms with Crippen LogP contribution in [0.4, 0.5) is 0 Å². The summed E-state index contributed by atoms with van der Waals surface area (Å²) in [5.74, 6) is 0.616. The fourth-order valence-corrected chi connectivity index (χ4v) is 5.72. The van der Waals surface area contributed by atoms with Crippen molar-refractivity contribution in [2.45, 2.75) is 69.0 Å². The first-order chi connectivity index (χ1) is 10.0. The molecule has 3 rings (SSSR count). The number of hydrogen-bond donors (Lipinski definition) is 2. The van der Waals surface area contributed by atoms with Crippen LogP contribution >= 0.6 is 11.3 Å². The van der Waals surface area contributed by atoms with Crippen LogP contribution in [0.1, 0.15) is 50.3 Å². The predicted octanol–water partition coefficient (Wildman–Crippen LogP) is 2.86. The Morgan fingerprint density at radius 1 is 1.24 bits per heavy atom. The van der Waals surface area contributed by atoms with Gasteiger partial charge in [0.05, 0.1) is 4.90 Å². The highest BCUT2D eigenvalue weighted by Crippen LogP contribution is 2.28. The zero-order valence-corrected chi connectivity index (χ0v) is 14.1. The van der Waals surface area contributed by atoms with Gasteiger partial charge in [-0.25, -0.2) is 13.1 Å². The molecule has 1 heterocycles. The minimum atomic E-state index is -3.38. The van der Waals surface area contributed by atoms with E-state index in [2.05, 4.69) is 17.0 Å². The molecule has 2 aliphatic carbocycles. The summed E-state index contributed by atoms with van der Waals surface area (Å²) < 4.78 is 28.2. The average Bonchev–Trinajstić information content (AvgIpc) is 3.12. The van der Waals surface area contributed by atoms with E-state index in [4.69, 9.17) is 0 Å². The van der Waals surface area contributed by atoms with Crippen LogP contribution in [-0.2, 0) is 16.6 Å². The van der Waals surface area contributed by atoms with E-state index in [0.717, 1.165) is 24.1 Å². The van der Waals surface area contributed by atoms with Crippen molar-refractivity contribution in [2.75, 3.05) is 0 Å². The smallest absolute Gasteiger partial charge is 0.241 e. The van der Waals surface area contributed by atoms with E-state index in [1.807, 2.05) is 5.38 Å². The second kappa shape index (κ2) is 6.36. The number of nitrogens with one attached hydrogen (secondary N) is 2. The molecule has 4 nitrogen and oxygen atoms in total. The van der Waals surface area contributed by atoms with Crippen molar-refractivity contribution in [3.63, 3.8) is 0 Å². The van der Waals surface area contributed by atoms with E-state index >= 15 is 0 Å². The van der Waals surface area contributed by atoms with Crippen LogP contribution in [0.15, 0.2) is 16.3 Å². The summed E-state index contributed by atoms with van der Waals surface area (Å²) >= 11 is 1.53. The van der Waals surface area contributed by atoms with Crippen molar-refractivity contribution < 1.29 is 8.42 Å². The molecule has 0 saturated heterocycles. The monoisotopic (exact) mass is 328 g/mol. The summed E-state index contributed by atoms with van der Waals surface area (Å²) in [5.41, 5.74) is 0.